The quantitative estimate of drug-likeness (QED) is 0.407. The van der Waals surface area contributed by atoms with E-state index in [1.54, 1.807) is 13.2 Å². The first-order valence-corrected chi connectivity index (χ1v) is 4.85. The van der Waals surface area contributed by atoms with Crippen molar-refractivity contribution < 1.29 is 4.92 Å². The molecule has 11 heavy (non-hydrogen) atoms. The van der Waals surface area contributed by atoms with Crippen LogP contribution in [0.3, 0.4) is 0 Å². The second-order valence-corrected chi connectivity index (χ2v) is 4.08. The fraction of sp³-hybridized carbons (Fsp3) is 0.400. The van der Waals surface area contributed by atoms with E-state index >= 15 is 0 Å². The van der Waals surface area contributed by atoms with Crippen LogP contribution in [0.25, 0.3) is 0 Å². The summed E-state index contributed by atoms with van der Waals surface area (Å²) in [5, 5.41) is 11.1. The molecule has 1 heterocycles. The molecule has 0 aliphatic rings. The van der Waals surface area contributed by atoms with Gasteiger partial charge in [0.1, 0.15) is 0 Å². The minimum atomic E-state index is -0.449. The minimum absolute atomic E-state index is 0.0139. The predicted octanol–water partition coefficient (Wildman–Crippen LogP) is 2.08. The first-order valence-electron chi connectivity index (χ1n) is 2.81. The highest BCUT2D eigenvalue weighted by Crippen LogP contribution is 2.32. The van der Waals surface area contributed by atoms with Crippen molar-refractivity contribution in [3.8, 4) is 0 Å². The van der Waals surface area contributed by atoms with Crippen LogP contribution in [0.15, 0.2) is 4.21 Å². The van der Waals surface area contributed by atoms with Crippen LogP contribution in [0.5, 0.6) is 0 Å². The summed E-state index contributed by atoms with van der Waals surface area (Å²) in [6.07, 6.45) is 1.81. The molecule has 0 bridgehead atoms. The van der Waals surface area contributed by atoms with Crippen molar-refractivity contribution in [1.29, 1.82) is 0 Å². The maximum Gasteiger partial charge on any atom is 0.388 e. The molecule has 1 aromatic rings. The average molecular weight is 190 g/mol. The summed E-state index contributed by atoms with van der Waals surface area (Å²) in [4.78, 5) is 13.7. The van der Waals surface area contributed by atoms with Crippen LogP contribution in [0, 0.1) is 17.0 Å². The van der Waals surface area contributed by atoms with Crippen LogP contribution in [-0.4, -0.2) is 16.2 Å². The van der Waals surface area contributed by atoms with E-state index in [2.05, 4.69) is 4.98 Å². The molecular weight excluding hydrogens is 184 g/mol. The molecule has 0 unspecified atom stereocenters. The van der Waals surface area contributed by atoms with Gasteiger partial charge in [0.15, 0.2) is 4.21 Å². The SMILES string of the molecule is CSc1sc(C)nc1[N+](=O)[O-]. The third-order valence-electron chi connectivity index (χ3n) is 1.04. The Morgan fingerprint density at radius 2 is 2.36 bits per heavy atom. The molecule has 0 aliphatic heterocycles. The van der Waals surface area contributed by atoms with Gasteiger partial charge in [0.2, 0.25) is 5.01 Å². The average Bonchev–Trinajstić information content (AvgIpc) is 2.30. The molecule has 0 amide bonds. The predicted molar refractivity (Wildman–Crippen MR) is 45.3 cm³/mol. The van der Waals surface area contributed by atoms with Gasteiger partial charge >= 0.3 is 5.82 Å². The standard InChI is InChI=1S/C5H6N2O2S2/c1-3-6-4(7(8)9)5(10-2)11-3/h1-2H3. The first-order chi connectivity index (χ1) is 5.15. The smallest absolute Gasteiger partial charge is 0.358 e. The molecule has 0 saturated carbocycles. The molecule has 0 aromatic carbocycles. The van der Waals surface area contributed by atoms with Gasteiger partial charge in [-0.05, 0) is 16.2 Å². The number of hydrogen-bond acceptors (Lipinski definition) is 5. The lowest BCUT2D eigenvalue weighted by molar-refractivity contribution is -0.391. The van der Waals surface area contributed by atoms with E-state index < -0.39 is 4.92 Å². The number of hydrogen-bond donors (Lipinski definition) is 0. The molecule has 60 valence electrons. The Hall–Kier alpha value is -0.620. The summed E-state index contributed by atoms with van der Waals surface area (Å²) in [7, 11) is 0. The van der Waals surface area contributed by atoms with E-state index in [0.29, 0.717) is 4.21 Å². The highest BCUT2D eigenvalue weighted by Gasteiger charge is 2.19. The van der Waals surface area contributed by atoms with Gasteiger partial charge in [-0.1, -0.05) is 11.3 Å². The Morgan fingerprint density at radius 3 is 2.73 bits per heavy atom. The molecule has 0 saturated heterocycles. The highest BCUT2D eigenvalue weighted by molar-refractivity contribution is 8.00. The van der Waals surface area contributed by atoms with Gasteiger partial charge in [-0.15, -0.1) is 11.8 Å². The number of nitrogens with zero attached hydrogens (tertiary/aromatic N) is 2. The van der Waals surface area contributed by atoms with Crippen molar-refractivity contribution in [1.82, 2.24) is 4.98 Å². The molecular formula is C5H6N2O2S2. The summed E-state index contributed by atoms with van der Waals surface area (Å²) in [5.74, 6) is -0.0139. The molecule has 0 fully saturated rings. The normalized spacial score (nSPS) is 10.0. The third kappa shape index (κ3) is 1.69. The summed E-state index contributed by atoms with van der Waals surface area (Å²) in [6.45, 7) is 1.76. The molecule has 0 atom stereocenters. The van der Waals surface area contributed by atoms with Crippen molar-refractivity contribution >= 4 is 28.9 Å². The topological polar surface area (TPSA) is 56.0 Å². The Morgan fingerprint density at radius 1 is 1.73 bits per heavy atom. The third-order valence-corrected chi connectivity index (χ3v) is 3.10. The molecule has 0 aliphatic carbocycles. The number of nitro groups is 1. The van der Waals surface area contributed by atoms with E-state index in [0.717, 1.165) is 5.01 Å². The lowest BCUT2D eigenvalue weighted by Gasteiger charge is -1.88. The van der Waals surface area contributed by atoms with E-state index in [4.69, 9.17) is 0 Å². The maximum absolute atomic E-state index is 10.3. The molecule has 1 rings (SSSR count). The van der Waals surface area contributed by atoms with Crippen LogP contribution in [-0.2, 0) is 0 Å². The molecule has 1 aromatic heterocycles. The van der Waals surface area contributed by atoms with Crippen LogP contribution >= 0.6 is 23.1 Å². The summed E-state index contributed by atoms with van der Waals surface area (Å²) < 4.78 is 0.674. The van der Waals surface area contributed by atoms with Gasteiger partial charge in [0.05, 0.1) is 0 Å². The number of thiazole rings is 1. The fourth-order valence-corrected chi connectivity index (χ4v) is 2.26. The van der Waals surface area contributed by atoms with Crippen LogP contribution in [0.2, 0.25) is 0 Å². The van der Waals surface area contributed by atoms with Crippen molar-refractivity contribution in [2.45, 2.75) is 11.1 Å². The van der Waals surface area contributed by atoms with Crippen molar-refractivity contribution in [2.75, 3.05) is 6.26 Å². The Balaban J connectivity index is 3.12. The van der Waals surface area contributed by atoms with Crippen molar-refractivity contribution in [3.63, 3.8) is 0 Å². The second-order valence-electron chi connectivity index (χ2n) is 1.81. The van der Waals surface area contributed by atoms with Gasteiger partial charge in [-0.2, -0.15) is 0 Å². The summed E-state index contributed by atoms with van der Waals surface area (Å²) >= 11 is 2.71. The van der Waals surface area contributed by atoms with Gasteiger partial charge < -0.3 is 10.1 Å². The first kappa shape index (κ1) is 8.48. The lowest BCUT2D eigenvalue weighted by atomic mass is 10.8. The fourth-order valence-electron chi connectivity index (χ4n) is 0.646. The molecule has 4 nitrogen and oxygen atoms in total. The zero-order valence-corrected chi connectivity index (χ0v) is 7.66. The van der Waals surface area contributed by atoms with Gasteiger partial charge in [-0.3, -0.25) is 0 Å². The Kier molecular flexibility index (Phi) is 2.45. The molecule has 0 radical (unpaired) electrons. The van der Waals surface area contributed by atoms with E-state index in [1.807, 2.05) is 0 Å². The van der Waals surface area contributed by atoms with E-state index in [1.165, 1.54) is 23.1 Å². The highest BCUT2D eigenvalue weighted by atomic mass is 32.2. The Labute approximate surface area is 71.8 Å². The monoisotopic (exact) mass is 190 g/mol. The van der Waals surface area contributed by atoms with Crippen LogP contribution < -0.4 is 0 Å². The van der Waals surface area contributed by atoms with Gasteiger partial charge in [0, 0.05) is 6.92 Å². The zero-order valence-electron chi connectivity index (χ0n) is 6.03. The van der Waals surface area contributed by atoms with Gasteiger partial charge in [0.25, 0.3) is 0 Å². The number of aromatic nitrogens is 1. The summed E-state index contributed by atoms with van der Waals surface area (Å²) in [6, 6.07) is 0. The number of rotatable bonds is 2. The van der Waals surface area contributed by atoms with Gasteiger partial charge in [-0.25, -0.2) is 0 Å². The van der Waals surface area contributed by atoms with E-state index in [9.17, 15) is 10.1 Å². The molecule has 6 heteroatoms. The summed E-state index contributed by atoms with van der Waals surface area (Å²) in [5.41, 5.74) is 0. The molecule has 0 N–H and O–H groups in total. The largest absolute Gasteiger partial charge is 0.388 e. The number of aryl methyl sites for hydroxylation is 1. The maximum atomic E-state index is 10.3. The van der Waals surface area contributed by atoms with Crippen LogP contribution in [0.1, 0.15) is 5.01 Å². The lowest BCUT2D eigenvalue weighted by Crippen LogP contribution is -1.88. The van der Waals surface area contributed by atoms with Crippen molar-refractivity contribution in [2.24, 2.45) is 0 Å². The second kappa shape index (κ2) is 3.19. The van der Waals surface area contributed by atoms with Crippen molar-refractivity contribution in [3.05, 3.63) is 15.1 Å². The molecule has 0 spiro atoms. The Bertz CT molecular complexity index is 284. The van der Waals surface area contributed by atoms with Crippen LogP contribution in [0.4, 0.5) is 5.82 Å². The van der Waals surface area contributed by atoms with E-state index in [-0.39, 0.29) is 5.82 Å². The number of thioether (sulfide) groups is 1. The minimum Gasteiger partial charge on any atom is -0.358 e. The zero-order chi connectivity index (χ0) is 8.43.